The van der Waals surface area contributed by atoms with Gasteiger partial charge in [0.2, 0.25) is 0 Å². The average molecular weight is 312 g/mol. The van der Waals surface area contributed by atoms with Gasteiger partial charge in [0.25, 0.3) is 0 Å². The number of ether oxygens (including phenoxy) is 1. The van der Waals surface area contributed by atoms with Crippen LogP contribution in [0.2, 0.25) is 0 Å². The van der Waals surface area contributed by atoms with Crippen LogP contribution in [0.15, 0.2) is 24.3 Å². The van der Waals surface area contributed by atoms with E-state index in [1.165, 1.54) is 5.56 Å². The molecule has 1 saturated heterocycles. The van der Waals surface area contributed by atoms with Crippen molar-refractivity contribution in [2.75, 3.05) is 6.54 Å². The van der Waals surface area contributed by atoms with E-state index in [0.717, 1.165) is 18.4 Å². The smallest absolute Gasteiger partial charge is 0.410 e. The van der Waals surface area contributed by atoms with E-state index in [9.17, 15) is 10.1 Å². The van der Waals surface area contributed by atoms with Crippen molar-refractivity contribution in [2.45, 2.75) is 57.6 Å². The number of likely N-dealkylation sites (tertiary alicyclic amines) is 1. The molecule has 3 rings (SSSR count). The van der Waals surface area contributed by atoms with E-state index in [4.69, 9.17) is 4.74 Å². The Kier molecular flexibility index (Phi) is 3.63. The zero-order valence-corrected chi connectivity index (χ0v) is 14.3. The fraction of sp³-hybridized carbons (Fsp3) is 0.579. The Hall–Kier alpha value is -2.02. The third kappa shape index (κ3) is 2.81. The standard InChI is InChI=1S/C19H24N2O2/c1-13-6-5-7-14(10-13)15-12-21(17(22)23-18(2,3)4)19(8-9-19)16(15)11-20/h5-7,10,15-16H,8-9,12H2,1-4H3/t15?,16-/m0/s1. The van der Waals surface area contributed by atoms with Crippen molar-refractivity contribution in [2.24, 2.45) is 5.92 Å². The van der Waals surface area contributed by atoms with Crippen LogP contribution in [0, 0.1) is 24.2 Å². The lowest BCUT2D eigenvalue weighted by Crippen LogP contribution is -2.42. The second-order valence-electron chi connectivity index (χ2n) is 7.82. The van der Waals surface area contributed by atoms with E-state index in [1.807, 2.05) is 31.7 Å². The zero-order chi connectivity index (χ0) is 16.8. The van der Waals surface area contributed by atoms with E-state index in [-0.39, 0.29) is 23.5 Å². The van der Waals surface area contributed by atoms with Gasteiger partial charge in [-0.3, -0.25) is 0 Å². The first-order valence-electron chi connectivity index (χ1n) is 8.24. The minimum absolute atomic E-state index is 0.0647. The number of aryl methyl sites for hydroxylation is 1. The van der Waals surface area contributed by atoms with E-state index in [1.54, 1.807) is 0 Å². The summed E-state index contributed by atoms with van der Waals surface area (Å²) in [5, 5.41) is 9.75. The molecule has 4 nitrogen and oxygen atoms in total. The second-order valence-corrected chi connectivity index (χ2v) is 7.82. The van der Waals surface area contributed by atoms with Crippen molar-refractivity contribution in [3.05, 3.63) is 35.4 Å². The van der Waals surface area contributed by atoms with Gasteiger partial charge >= 0.3 is 6.09 Å². The van der Waals surface area contributed by atoms with Crippen molar-refractivity contribution in [3.63, 3.8) is 0 Å². The number of carbonyl (C=O) groups excluding carboxylic acids is 1. The van der Waals surface area contributed by atoms with Gasteiger partial charge in [0, 0.05) is 12.5 Å². The summed E-state index contributed by atoms with van der Waals surface area (Å²) in [6.45, 7) is 8.25. The summed E-state index contributed by atoms with van der Waals surface area (Å²) in [5.74, 6) is -0.0910. The van der Waals surface area contributed by atoms with Crippen molar-refractivity contribution in [1.82, 2.24) is 4.90 Å². The molecule has 2 fully saturated rings. The molecule has 1 heterocycles. The van der Waals surface area contributed by atoms with E-state index in [0.29, 0.717) is 6.54 Å². The summed E-state index contributed by atoms with van der Waals surface area (Å²) in [4.78, 5) is 14.4. The SMILES string of the molecule is Cc1cccc(C2CN(C(=O)OC(C)(C)C)C3(CC3)[C@H]2C#N)c1. The summed E-state index contributed by atoms with van der Waals surface area (Å²) < 4.78 is 5.58. The summed E-state index contributed by atoms with van der Waals surface area (Å²) in [7, 11) is 0. The Morgan fingerprint density at radius 3 is 2.61 bits per heavy atom. The molecule has 1 unspecified atom stereocenters. The Bertz CT molecular complexity index is 665. The molecule has 1 spiro atoms. The predicted molar refractivity (Wildman–Crippen MR) is 87.9 cm³/mol. The van der Waals surface area contributed by atoms with Crippen molar-refractivity contribution >= 4 is 6.09 Å². The number of benzene rings is 1. The van der Waals surface area contributed by atoms with Crippen molar-refractivity contribution in [3.8, 4) is 6.07 Å². The number of nitrogens with zero attached hydrogens (tertiary/aromatic N) is 2. The summed E-state index contributed by atoms with van der Waals surface area (Å²) in [6, 6.07) is 10.8. The van der Waals surface area contributed by atoms with Gasteiger partial charge in [-0.1, -0.05) is 29.8 Å². The van der Waals surface area contributed by atoms with Crippen LogP contribution in [0.5, 0.6) is 0 Å². The van der Waals surface area contributed by atoms with Gasteiger partial charge < -0.3 is 9.64 Å². The Balaban J connectivity index is 1.90. The minimum Gasteiger partial charge on any atom is -0.444 e. The monoisotopic (exact) mass is 312 g/mol. The summed E-state index contributed by atoms with van der Waals surface area (Å²) >= 11 is 0. The number of hydrogen-bond donors (Lipinski definition) is 0. The average Bonchev–Trinajstić information content (AvgIpc) is 3.13. The molecule has 1 aromatic carbocycles. The number of rotatable bonds is 1. The maximum absolute atomic E-state index is 12.6. The lowest BCUT2D eigenvalue weighted by molar-refractivity contribution is 0.0190. The Morgan fingerprint density at radius 1 is 1.39 bits per heavy atom. The van der Waals surface area contributed by atoms with Crippen LogP contribution in [-0.4, -0.2) is 28.7 Å². The molecule has 2 atom stereocenters. The molecule has 1 aliphatic carbocycles. The van der Waals surface area contributed by atoms with Crippen molar-refractivity contribution < 1.29 is 9.53 Å². The van der Waals surface area contributed by atoms with Gasteiger partial charge in [-0.25, -0.2) is 4.79 Å². The van der Waals surface area contributed by atoms with Gasteiger partial charge in [-0.05, 0) is 46.1 Å². The van der Waals surface area contributed by atoms with Gasteiger partial charge in [0.15, 0.2) is 0 Å². The predicted octanol–water partition coefficient (Wildman–Crippen LogP) is 4.00. The number of hydrogen-bond acceptors (Lipinski definition) is 3. The molecule has 4 heteroatoms. The molecular weight excluding hydrogens is 288 g/mol. The largest absolute Gasteiger partial charge is 0.444 e. The minimum atomic E-state index is -0.517. The van der Waals surface area contributed by atoms with Crippen LogP contribution in [0.1, 0.15) is 50.7 Å². The molecule has 1 saturated carbocycles. The summed E-state index contributed by atoms with van der Waals surface area (Å²) in [5.41, 5.74) is 1.50. The normalized spacial score (nSPS) is 25.3. The van der Waals surface area contributed by atoms with Crippen LogP contribution < -0.4 is 0 Å². The molecule has 23 heavy (non-hydrogen) atoms. The Morgan fingerprint density at radius 2 is 2.09 bits per heavy atom. The van der Waals surface area contributed by atoms with Crippen LogP contribution >= 0.6 is 0 Å². The van der Waals surface area contributed by atoms with E-state index in [2.05, 4.69) is 31.2 Å². The molecular formula is C19H24N2O2. The van der Waals surface area contributed by atoms with Crippen molar-refractivity contribution in [1.29, 1.82) is 5.26 Å². The molecule has 0 N–H and O–H groups in total. The fourth-order valence-corrected chi connectivity index (χ4v) is 3.72. The van der Waals surface area contributed by atoms with E-state index >= 15 is 0 Å². The highest BCUT2D eigenvalue weighted by Crippen LogP contribution is 2.57. The molecule has 1 aliphatic heterocycles. The third-order valence-corrected chi connectivity index (χ3v) is 4.88. The van der Waals surface area contributed by atoms with Crippen LogP contribution in [0.25, 0.3) is 0 Å². The van der Waals surface area contributed by atoms with Gasteiger partial charge in [0.1, 0.15) is 5.60 Å². The fourth-order valence-electron chi connectivity index (χ4n) is 3.72. The van der Waals surface area contributed by atoms with E-state index < -0.39 is 5.60 Å². The van der Waals surface area contributed by atoms with Gasteiger partial charge in [-0.15, -0.1) is 0 Å². The summed E-state index contributed by atoms with van der Waals surface area (Å²) in [6.07, 6.45) is 1.50. The third-order valence-electron chi connectivity index (χ3n) is 4.88. The quantitative estimate of drug-likeness (QED) is 0.787. The van der Waals surface area contributed by atoms with Gasteiger partial charge in [-0.2, -0.15) is 5.26 Å². The molecule has 122 valence electrons. The maximum atomic E-state index is 12.6. The number of amides is 1. The first kappa shape index (κ1) is 15.9. The Labute approximate surface area is 138 Å². The van der Waals surface area contributed by atoms with Crippen LogP contribution in [-0.2, 0) is 4.74 Å². The number of carbonyl (C=O) groups is 1. The second kappa shape index (κ2) is 5.26. The lowest BCUT2D eigenvalue weighted by atomic mass is 9.84. The highest BCUT2D eigenvalue weighted by atomic mass is 16.6. The molecule has 0 radical (unpaired) electrons. The highest BCUT2D eigenvalue weighted by molar-refractivity contribution is 5.71. The maximum Gasteiger partial charge on any atom is 0.410 e. The lowest BCUT2D eigenvalue weighted by Gasteiger charge is -2.29. The molecule has 0 aromatic heterocycles. The zero-order valence-electron chi connectivity index (χ0n) is 14.3. The molecule has 1 aromatic rings. The van der Waals surface area contributed by atoms with Crippen LogP contribution in [0.3, 0.4) is 0 Å². The van der Waals surface area contributed by atoms with Gasteiger partial charge in [0.05, 0.1) is 17.5 Å². The highest BCUT2D eigenvalue weighted by Gasteiger charge is 2.64. The molecule has 2 aliphatic rings. The first-order valence-corrected chi connectivity index (χ1v) is 8.24. The van der Waals surface area contributed by atoms with Crippen LogP contribution in [0.4, 0.5) is 4.79 Å². The first-order chi connectivity index (χ1) is 10.8. The molecule has 0 bridgehead atoms. The topological polar surface area (TPSA) is 53.3 Å². The number of nitriles is 1. The molecule has 1 amide bonds.